The van der Waals surface area contributed by atoms with E-state index in [-0.39, 0.29) is 0 Å². The molecule has 13 heteroatoms. The number of nitrogens with zero attached hydrogens (tertiary/aromatic N) is 4. The van der Waals surface area contributed by atoms with Crippen molar-refractivity contribution >= 4 is 51.8 Å². The van der Waals surface area contributed by atoms with Crippen LogP contribution >= 0.6 is 15.9 Å². The standard InChI is InChI=1S/C5H2BrF3N2O.C5H3F3N2O/c6-2-3(5(7,8)9)10-1-11-4(2)12;6-5(7,8)3-1-4(11)10-2-9-3/h1-2H;2H,1H2. The molecule has 0 saturated heterocycles. The molecule has 2 aliphatic heterocycles. The van der Waals surface area contributed by atoms with Gasteiger partial charge in [-0.05, 0) is 0 Å². The highest BCUT2D eigenvalue weighted by Gasteiger charge is 2.43. The van der Waals surface area contributed by atoms with Crippen LogP contribution in [0.25, 0.3) is 0 Å². The number of amides is 2. The molecule has 2 aliphatic rings. The van der Waals surface area contributed by atoms with E-state index in [1.807, 2.05) is 0 Å². The van der Waals surface area contributed by atoms with Gasteiger partial charge in [-0.25, -0.2) is 20.0 Å². The Bertz CT molecular complexity index is 620. The molecule has 0 fully saturated rings. The Morgan fingerprint density at radius 3 is 1.91 bits per heavy atom. The van der Waals surface area contributed by atoms with Crippen molar-refractivity contribution in [2.45, 2.75) is 23.6 Å². The average Bonchev–Trinajstić information content (AvgIpc) is 2.40. The van der Waals surface area contributed by atoms with Gasteiger partial charge in [-0.2, -0.15) is 26.3 Å². The lowest BCUT2D eigenvalue weighted by Crippen LogP contribution is -2.37. The molecule has 23 heavy (non-hydrogen) atoms. The van der Waals surface area contributed by atoms with Crippen molar-refractivity contribution in [2.24, 2.45) is 20.0 Å². The van der Waals surface area contributed by atoms with Gasteiger partial charge in [0.05, 0.1) is 6.42 Å². The molecule has 0 aromatic rings. The van der Waals surface area contributed by atoms with Gasteiger partial charge < -0.3 is 0 Å². The van der Waals surface area contributed by atoms with Gasteiger partial charge in [0.2, 0.25) is 0 Å². The maximum atomic E-state index is 12.0. The molecule has 0 aromatic carbocycles. The topological polar surface area (TPSA) is 83.6 Å². The molecule has 2 rings (SSSR count). The Kier molecular flexibility index (Phi) is 5.91. The zero-order valence-corrected chi connectivity index (χ0v) is 12.3. The number of hydrogen-bond donors (Lipinski definition) is 0. The van der Waals surface area contributed by atoms with Gasteiger partial charge in [-0.3, -0.25) is 9.59 Å². The van der Waals surface area contributed by atoms with Crippen LogP contribution in [0.1, 0.15) is 6.42 Å². The van der Waals surface area contributed by atoms with E-state index in [1.54, 1.807) is 0 Å². The van der Waals surface area contributed by atoms with Crippen molar-refractivity contribution in [2.75, 3.05) is 0 Å². The largest absolute Gasteiger partial charge is 0.431 e. The smallest absolute Gasteiger partial charge is 0.272 e. The third kappa shape index (κ3) is 5.65. The van der Waals surface area contributed by atoms with Gasteiger partial charge in [-0.1, -0.05) is 15.9 Å². The quantitative estimate of drug-likeness (QED) is 0.456. The third-order valence-electron chi connectivity index (χ3n) is 2.19. The molecule has 1 unspecified atom stereocenters. The van der Waals surface area contributed by atoms with E-state index in [1.165, 1.54) is 0 Å². The van der Waals surface area contributed by atoms with Crippen LogP contribution < -0.4 is 0 Å². The van der Waals surface area contributed by atoms with Crippen molar-refractivity contribution < 1.29 is 35.9 Å². The molecule has 2 heterocycles. The summed E-state index contributed by atoms with van der Waals surface area (Å²) < 4.78 is 71.3. The maximum Gasteiger partial charge on any atom is 0.431 e. The molecule has 0 bridgehead atoms. The third-order valence-corrected chi connectivity index (χ3v) is 3.02. The van der Waals surface area contributed by atoms with Gasteiger partial charge in [0.1, 0.15) is 28.9 Å². The number of rotatable bonds is 0. The summed E-state index contributed by atoms with van der Waals surface area (Å²) in [6.07, 6.45) is -8.63. The minimum absolute atomic E-state index is 0.600. The Morgan fingerprint density at radius 2 is 1.52 bits per heavy atom. The van der Waals surface area contributed by atoms with Gasteiger partial charge in [-0.15, -0.1) is 0 Å². The summed E-state index contributed by atoms with van der Waals surface area (Å²) in [7, 11) is 0. The molecule has 0 aliphatic carbocycles. The van der Waals surface area contributed by atoms with E-state index in [9.17, 15) is 35.9 Å². The summed E-state index contributed by atoms with van der Waals surface area (Å²) in [6, 6.07) is 0. The summed E-state index contributed by atoms with van der Waals surface area (Å²) in [6.45, 7) is 0. The molecule has 0 radical (unpaired) electrons. The van der Waals surface area contributed by atoms with Crippen molar-refractivity contribution in [3.05, 3.63) is 0 Å². The molecule has 1 atom stereocenters. The number of carbonyl (C=O) groups is 2. The molecule has 0 N–H and O–H groups in total. The highest BCUT2D eigenvalue weighted by Crippen LogP contribution is 2.25. The number of carbonyl (C=O) groups excluding carboxylic acids is 2. The fourth-order valence-electron chi connectivity index (χ4n) is 1.18. The van der Waals surface area contributed by atoms with Crippen molar-refractivity contribution in [3.63, 3.8) is 0 Å². The number of alkyl halides is 7. The van der Waals surface area contributed by atoms with Crippen LogP contribution in [-0.4, -0.2) is 53.1 Å². The van der Waals surface area contributed by atoms with Crippen LogP contribution in [0, 0.1) is 0 Å². The van der Waals surface area contributed by atoms with Crippen LogP contribution in [0.5, 0.6) is 0 Å². The van der Waals surface area contributed by atoms with Gasteiger partial charge in [0.15, 0.2) is 0 Å². The zero-order chi connectivity index (χ0) is 17.8. The molecular weight excluding hydrogens is 402 g/mol. The summed E-state index contributed by atoms with van der Waals surface area (Å²) in [4.78, 5) is 31.5. The molecule has 0 saturated carbocycles. The fraction of sp³-hybridized carbons (Fsp3) is 0.400. The lowest BCUT2D eigenvalue weighted by Gasteiger charge is -2.14. The summed E-state index contributed by atoms with van der Waals surface area (Å²) >= 11 is 2.54. The number of hydrogen-bond acceptors (Lipinski definition) is 4. The first-order valence-electron chi connectivity index (χ1n) is 5.47. The fourth-order valence-corrected chi connectivity index (χ4v) is 1.68. The SMILES string of the molecule is O=C1CC(C(F)(F)F)=NC=N1.O=C1N=CN=C(C(F)(F)F)C1Br. The van der Waals surface area contributed by atoms with Gasteiger partial charge in [0.25, 0.3) is 11.8 Å². The van der Waals surface area contributed by atoms with E-state index in [4.69, 9.17) is 0 Å². The molecule has 0 spiro atoms. The first-order valence-corrected chi connectivity index (χ1v) is 6.39. The van der Waals surface area contributed by atoms with Crippen LogP contribution in [0.15, 0.2) is 20.0 Å². The molecular formula is C10H5BrF6N4O2. The lowest BCUT2D eigenvalue weighted by atomic mass is 10.2. The van der Waals surface area contributed by atoms with E-state index >= 15 is 0 Å². The lowest BCUT2D eigenvalue weighted by molar-refractivity contribution is -0.118. The predicted molar refractivity (Wildman–Crippen MR) is 71.3 cm³/mol. The highest BCUT2D eigenvalue weighted by molar-refractivity contribution is 9.10. The average molecular weight is 407 g/mol. The van der Waals surface area contributed by atoms with E-state index < -0.39 is 46.8 Å². The Labute approximate surface area is 132 Å². The second-order valence-electron chi connectivity index (χ2n) is 3.85. The van der Waals surface area contributed by atoms with Crippen LogP contribution in [0.4, 0.5) is 26.3 Å². The molecule has 126 valence electrons. The molecule has 2 amide bonds. The Hall–Kier alpha value is -1.92. The van der Waals surface area contributed by atoms with Crippen molar-refractivity contribution in [3.8, 4) is 0 Å². The zero-order valence-electron chi connectivity index (χ0n) is 10.7. The van der Waals surface area contributed by atoms with Crippen LogP contribution in [0.2, 0.25) is 0 Å². The highest BCUT2D eigenvalue weighted by atomic mass is 79.9. The minimum Gasteiger partial charge on any atom is -0.272 e. The van der Waals surface area contributed by atoms with E-state index in [0.717, 1.165) is 0 Å². The predicted octanol–water partition coefficient (Wildman–Crippen LogP) is 2.27. The molecule has 0 aromatic heterocycles. The maximum absolute atomic E-state index is 12.0. The number of aliphatic imine (C=N–C) groups is 4. The molecule has 6 nitrogen and oxygen atoms in total. The van der Waals surface area contributed by atoms with E-state index in [2.05, 4.69) is 35.9 Å². The van der Waals surface area contributed by atoms with Crippen molar-refractivity contribution in [1.82, 2.24) is 0 Å². The monoisotopic (exact) mass is 406 g/mol. The van der Waals surface area contributed by atoms with Crippen molar-refractivity contribution in [1.29, 1.82) is 0 Å². The Morgan fingerprint density at radius 1 is 0.957 bits per heavy atom. The van der Waals surface area contributed by atoms with Gasteiger partial charge >= 0.3 is 12.4 Å². The first-order chi connectivity index (χ1) is 10.4. The van der Waals surface area contributed by atoms with E-state index in [0.29, 0.717) is 12.7 Å². The van der Waals surface area contributed by atoms with Crippen LogP contribution in [0.3, 0.4) is 0 Å². The summed E-state index contributed by atoms with van der Waals surface area (Å²) in [5.74, 6) is -1.70. The Balaban J connectivity index is 0.000000231. The minimum atomic E-state index is -4.59. The second-order valence-corrected chi connectivity index (χ2v) is 4.76. The van der Waals surface area contributed by atoms with Gasteiger partial charge in [0, 0.05) is 0 Å². The summed E-state index contributed by atoms with van der Waals surface area (Å²) in [5.41, 5.74) is -2.25. The number of halogens is 7. The normalized spacial score (nSPS) is 21.4. The van der Waals surface area contributed by atoms with Crippen LogP contribution in [-0.2, 0) is 9.59 Å². The second kappa shape index (κ2) is 7.10. The first kappa shape index (κ1) is 19.1. The summed E-state index contributed by atoms with van der Waals surface area (Å²) in [5, 5.41) is 0.